The summed E-state index contributed by atoms with van der Waals surface area (Å²) in [6.07, 6.45) is -3.80. The van der Waals surface area contributed by atoms with Crippen molar-refractivity contribution in [3.05, 3.63) is 101 Å². The number of piperidine rings is 1. The molecule has 3 aliphatic heterocycles. The standard InChI is InChI=1S/C39H34F6N10O5/c40-32-22(1-6-25-26(32)17-54(38(25)59)29-7-8-31(56)50-36(29)58)16-52-11-13-53(14-12-52)23-2-4-24(5-3-23)55-18-27(33(51-55)34(41)42)48-35(57)28-19-60-37(49-28)21-9-10-46-30(15-21)47-20-39(43,44)45/h1-6,9-10,15,18-19,29,34H,7-8,11-14,16-17,20H2,(H,46,47)(H,48,57)(H,50,56,58). The summed E-state index contributed by atoms with van der Waals surface area (Å²) in [6, 6.07) is 12.0. The average molecular weight is 837 g/mol. The lowest BCUT2D eigenvalue weighted by molar-refractivity contribution is -0.137. The summed E-state index contributed by atoms with van der Waals surface area (Å²) < 4.78 is 88.3. The van der Waals surface area contributed by atoms with E-state index >= 15 is 4.39 Å². The van der Waals surface area contributed by atoms with Gasteiger partial charge in [-0.25, -0.2) is 27.8 Å². The van der Waals surface area contributed by atoms with Crippen LogP contribution in [0.4, 0.5) is 43.5 Å². The van der Waals surface area contributed by atoms with Gasteiger partial charge in [-0.1, -0.05) is 6.07 Å². The van der Waals surface area contributed by atoms with Crippen LogP contribution < -0.4 is 20.9 Å². The zero-order chi connectivity index (χ0) is 42.3. The molecule has 2 saturated heterocycles. The molecule has 1 unspecified atom stereocenters. The number of hydrogen-bond acceptors (Lipinski definition) is 11. The van der Waals surface area contributed by atoms with Crippen molar-refractivity contribution in [2.75, 3.05) is 48.3 Å². The van der Waals surface area contributed by atoms with E-state index in [1.165, 1.54) is 34.1 Å². The van der Waals surface area contributed by atoms with E-state index in [4.69, 9.17) is 4.42 Å². The van der Waals surface area contributed by atoms with E-state index in [1.54, 1.807) is 36.4 Å². The number of piperazine rings is 1. The summed E-state index contributed by atoms with van der Waals surface area (Å²) in [4.78, 5) is 63.5. The number of amides is 4. The monoisotopic (exact) mass is 836 g/mol. The molecule has 15 nitrogen and oxygen atoms in total. The van der Waals surface area contributed by atoms with Gasteiger partial charge in [-0.2, -0.15) is 18.3 Å². The molecule has 1 atom stereocenters. The highest BCUT2D eigenvalue weighted by Crippen LogP contribution is 2.32. The molecule has 2 aromatic carbocycles. The molecule has 8 rings (SSSR count). The lowest BCUT2D eigenvalue weighted by Gasteiger charge is -2.36. The maximum Gasteiger partial charge on any atom is 0.405 e. The molecule has 0 aliphatic carbocycles. The summed E-state index contributed by atoms with van der Waals surface area (Å²) in [7, 11) is 0. The number of oxazole rings is 1. The lowest BCUT2D eigenvalue weighted by Crippen LogP contribution is -2.52. The predicted octanol–water partition coefficient (Wildman–Crippen LogP) is 5.31. The highest BCUT2D eigenvalue weighted by atomic mass is 19.4. The van der Waals surface area contributed by atoms with E-state index < -0.39 is 60.3 Å². The van der Waals surface area contributed by atoms with Crippen LogP contribution in [-0.4, -0.2) is 98.1 Å². The molecule has 2 fully saturated rings. The Hall–Kier alpha value is -6.77. The molecule has 5 aromatic rings. The van der Waals surface area contributed by atoms with E-state index in [-0.39, 0.29) is 59.2 Å². The van der Waals surface area contributed by atoms with Crippen LogP contribution in [0, 0.1) is 5.82 Å². The minimum atomic E-state index is -4.48. The quantitative estimate of drug-likeness (QED) is 0.116. The van der Waals surface area contributed by atoms with Crippen molar-refractivity contribution in [1.82, 2.24) is 34.9 Å². The number of alkyl halides is 5. The van der Waals surface area contributed by atoms with Gasteiger partial charge >= 0.3 is 6.18 Å². The number of nitrogens with one attached hydrogen (secondary N) is 3. The molecule has 312 valence electrons. The Morgan fingerprint density at radius 3 is 2.47 bits per heavy atom. The minimum Gasteiger partial charge on any atom is -0.444 e. The molecular formula is C39H34F6N10O5. The average Bonchev–Trinajstić information content (AvgIpc) is 3.97. The highest BCUT2D eigenvalue weighted by molar-refractivity contribution is 6.05. The number of carbonyl (C=O) groups excluding carboxylic acids is 4. The second kappa shape index (κ2) is 16.1. The van der Waals surface area contributed by atoms with Crippen LogP contribution in [0.1, 0.15) is 56.9 Å². The van der Waals surface area contributed by atoms with E-state index in [0.717, 1.165) is 12.0 Å². The number of nitrogens with zero attached hydrogens (tertiary/aromatic N) is 7. The highest BCUT2D eigenvalue weighted by Gasteiger charge is 2.40. The number of imide groups is 1. The first kappa shape index (κ1) is 40.0. The fourth-order valence-corrected chi connectivity index (χ4v) is 7.32. The van der Waals surface area contributed by atoms with Crippen LogP contribution in [0.2, 0.25) is 0 Å². The van der Waals surface area contributed by atoms with Crippen LogP contribution in [0.15, 0.2) is 71.6 Å². The van der Waals surface area contributed by atoms with Gasteiger partial charge in [0, 0.05) is 73.3 Å². The van der Waals surface area contributed by atoms with Crippen LogP contribution >= 0.6 is 0 Å². The SMILES string of the molecule is O=C1CCC(N2Cc3c(ccc(CN4CCN(c5ccc(-n6cc(NC(=O)c7coc(-c8ccnc(NCC(F)(F)F)c8)n7)c(C(F)F)n6)cc5)CC4)c3F)C2=O)C(=O)N1. The van der Waals surface area contributed by atoms with Crippen molar-refractivity contribution >= 4 is 40.8 Å². The molecule has 6 heterocycles. The molecule has 3 N–H and O–H groups in total. The number of anilines is 3. The Morgan fingerprint density at radius 2 is 1.75 bits per heavy atom. The molecule has 0 saturated carbocycles. The number of fused-ring (bicyclic) bond motifs is 1. The maximum absolute atomic E-state index is 15.8. The van der Waals surface area contributed by atoms with Crippen LogP contribution in [0.25, 0.3) is 17.1 Å². The third kappa shape index (κ3) is 8.38. The molecular weight excluding hydrogens is 802 g/mol. The zero-order valence-electron chi connectivity index (χ0n) is 31.3. The van der Waals surface area contributed by atoms with Gasteiger partial charge in [0.2, 0.25) is 17.7 Å². The van der Waals surface area contributed by atoms with Crippen molar-refractivity contribution in [3.8, 4) is 17.1 Å². The minimum absolute atomic E-state index is 0.0544. The molecule has 0 radical (unpaired) electrons. The number of hydrogen-bond donors (Lipinski definition) is 3. The van der Waals surface area contributed by atoms with Crippen LogP contribution in [0.5, 0.6) is 0 Å². The van der Waals surface area contributed by atoms with E-state index in [1.807, 2.05) is 0 Å². The Kier molecular flexibility index (Phi) is 10.8. The van der Waals surface area contributed by atoms with Crippen molar-refractivity contribution in [3.63, 3.8) is 0 Å². The number of pyridine rings is 1. The molecule has 4 amide bonds. The first-order valence-electron chi connectivity index (χ1n) is 18.6. The van der Waals surface area contributed by atoms with Gasteiger partial charge in [0.25, 0.3) is 18.2 Å². The number of carbonyl (C=O) groups is 4. The zero-order valence-corrected chi connectivity index (χ0v) is 31.3. The van der Waals surface area contributed by atoms with Crippen molar-refractivity contribution in [2.24, 2.45) is 0 Å². The van der Waals surface area contributed by atoms with Crippen LogP contribution in [-0.2, 0) is 22.7 Å². The third-order valence-electron chi connectivity index (χ3n) is 10.4. The fraction of sp³-hybridized carbons (Fsp3) is 0.308. The molecule has 21 heteroatoms. The van der Waals surface area contributed by atoms with Crippen molar-refractivity contribution in [2.45, 2.75) is 44.6 Å². The maximum atomic E-state index is 15.8. The molecule has 60 heavy (non-hydrogen) atoms. The van der Waals surface area contributed by atoms with E-state index in [0.29, 0.717) is 44.0 Å². The smallest absolute Gasteiger partial charge is 0.405 e. The Labute approximate surface area is 336 Å². The van der Waals surface area contributed by atoms with E-state index in [9.17, 15) is 41.1 Å². The summed E-state index contributed by atoms with van der Waals surface area (Å²) in [6.45, 7) is 1.31. The normalized spacial score (nSPS) is 17.3. The number of benzene rings is 2. The Morgan fingerprint density at radius 1 is 1.00 bits per heavy atom. The van der Waals surface area contributed by atoms with Crippen LogP contribution in [0.3, 0.4) is 0 Å². The van der Waals surface area contributed by atoms with Gasteiger partial charge in [-0.3, -0.25) is 29.4 Å². The summed E-state index contributed by atoms with van der Waals surface area (Å²) in [5, 5.41) is 10.8. The molecule has 3 aromatic heterocycles. The number of aromatic nitrogens is 4. The Bertz CT molecular complexity index is 2460. The second-order valence-electron chi connectivity index (χ2n) is 14.3. The summed E-state index contributed by atoms with van der Waals surface area (Å²) in [5.41, 5.74) is 1.11. The Balaban J connectivity index is 0.872. The first-order chi connectivity index (χ1) is 28.7. The number of halogens is 6. The lowest BCUT2D eigenvalue weighted by atomic mass is 10.0. The molecule has 0 spiro atoms. The molecule has 0 bridgehead atoms. The van der Waals surface area contributed by atoms with Gasteiger partial charge in [-0.15, -0.1) is 0 Å². The first-order valence-corrected chi connectivity index (χ1v) is 18.6. The van der Waals surface area contributed by atoms with Gasteiger partial charge < -0.3 is 24.9 Å². The van der Waals surface area contributed by atoms with Gasteiger partial charge in [-0.05, 0) is 48.9 Å². The second-order valence-corrected chi connectivity index (χ2v) is 14.3. The van der Waals surface area contributed by atoms with Gasteiger partial charge in [0.1, 0.15) is 30.5 Å². The van der Waals surface area contributed by atoms with E-state index in [2.05, 4.69) is 40.8 Å². The molecule has 3 aliphatic rings. The van der Waals surface area contributed by atoms with Gasteiger partial charge in [0.05, 0.1) is 24.1 Å². The number of rotatable bonds is 11. The van der Waals surface area contributed by atoms with Crippen molar-refractivity contribution < 1.29 is 49.9 Å². The predicted molar refractivity (Wildman–Crippen MR) is 201 cm³/mol. The van der Waals surface area contributed by atoms with Gasteiger partial charge in [0.15, 0.2) is 11.4 Å². The van der Waals surface area contributed by atoms with Crippen molar-refractivity contribution in [1.29, 1.82) is 0 Å². The topological polar surface area (TPSA) is 171 Å². The fourth-order valence-electron chi connectivity index (χ4n) is 7.32. The largest absolute Gasteiger partial charge is 0.444 e. The third-order valence-corrected chi connectivity index (χ3v) is 10.4. The summed E-state index contributed by atoms with van der Waals surface area (Å²) >= 11 is 0. The summed E-state index contributed by atoms with van der Waals surface area (Å²) in [5.74, 6) is -3.01.